The van der Waals surface area contributed by atoms with Crippen LogP contribution in [-0.4, -0.2) is 35.3 Å². The molecule has 0 spiro atoms. The predicted molar refractivity (Wildman–Crippen MR) is 77.0 cm³/mol. The van der Waals surface area contributed by atoms with Crippen molar-refractivity contribution in [2.45, 2.75) is 37.7 Å². The Morgan fingerprint density at radius 3 is 2.52 bits per heavy atom. The molecule has 2 rings (SSSR count). The number of oxime groups is 1. The third-order valence-electron chi connectivity index (χ3n) is 3.49. The van der Waals surface area contributed by atoms with Crippen molar-refractivity contribution in [3.05, 3.63) is 11.1 Å². The molecule has 0 aromatic carbocycles. The minimum atomic E-state index is -1.55. The van der Waals surface area contributed by atoms with E-state index >= 15 is 0 Å². The first-order chi connectivity index (χ1) is 10.5. The quantitative estimate of drug-likeness (QED) is 0.261. The number of hydrogen-bond donors (Lipinski definition) is 1. The fraction of sp³-hybridized carbons (Fsp3) is 0.538. The molecule has 0 radical (unpaired) electrons. The number of carboxylic acid groups (broad SMARTS) is 1. The van der Waals surface area contributed by atoms with E-state index in [1.54, 1.807) is 0 Å². The summed E-state index contributed by atoms with van der Waals surface area (Å²) >= 11 is 1.07. The van der Waals surface area contributed by atoms with Crippen molar-refractivity contribution in [2.24, 2.45) is 5.16 Å². The maximum atomic E-state index is 12.0. The van der Waals surface area contributed by atoms with Gasteiger partial charge in [0.2, 0.25) is 5.60 Å². The summed E-state index contributed by atoms with van der Waals surface area (Å²) in [6, 6.07) is 0. The zero-order chi connectivity index (χ0) is 16.2. The van der Waals surface area contributed by atoms with Crippen molar-refractivity contribution >= 4 is 34.1 Å². The number of hydrogen-bond acceptors (Lipinski definition) is 9. The fourth-order valence-corrected chi connectivity index (χ4v) is 2.91. The zero-order valence-corrected chi connectivity index (χ0v) is 15.9. The van der Waals surface area contributed by atoms with Gasteiger partial charge in [0.25, 0.3) is 0 Å². The maximum Gasteiger partial charge on any atom is 1.00 e. The number of methoxy groups -OCH3 is 1. The third kappa shape index (κ3) is 4.66. The number of esters is 1. The zero-order valence-electron chi connectivity index (χ0n) is 13.0. The van der Waals surface area contributed by atoms with Gasteiger partial charge in [-0.3, -0.25) is 0 Å². The summed E-state index contributed by atoms with van der Waals surface area (Å²) in [5.41, 5.74) is 3.76. The van der Waals surface area contributed by atoms with Crippen LogP contribution < -0.4 is 40.4 Å². The van der Waals surface area contributed by atoms with Crippen LogP contribution in [0.25, 0.3) is 0 Å². The molecule has 1 aliphatic carbocycles. The summed E-state index contributed by atoms with van der Waals surface area (Å²) in [6.07, 6.45) is 3.36. The molecule has 0 aliphatic heterocycles. The van der Waals surface area contributed by atoms with E-state index in [9.17, 15) is 14.7 Å². The molecule has 0 bridgehead atoms. The molecular weight excluding hydrogens is 333 g/mol. The number of carbonyl (C=O) groups is 2. The average Bonchev–Trinajstić information content (AvgIpc) is 2.93. The Bertz CT molecular complexity index is 598. The molecule has 8 nitrogen and oxygen atoms in total. The van der Waals surface area contributed by atoms with Gasteiger partial charge in [0, 0.05) is 18.2 Å². The number of anilines is 1. The molecule has 1 aromatic heterocycles. The Morgan fingerprint density at radius 1 is 1.39 bits per heavy atom. The van der Waals surface area contributed by atoms with E-state index in [-0.39, 0.29) is 40.4 Å². The first kappa shape index (κ1) is 19.9. The Balaban J connectivity index is 0.00000264. The number of nitrogens with two attached hydrogens (primary N) is 1. The van der Waals surface area contributed by atoms with Crippen LogP contribution in [0.3, 0.4) is 0 Å². The fourth-order valence-electron chi connectivity index (χ4n) is 2.36. The largest absolute Gasteiger partial charge is 1.00 e. The van der Waals surface area contributed by atoms with Crippen molar-refractivity contribution in [3.8, 4) is 0 Å². The van der Waals surface area contributed by atoms with E-state index in [2.05, 4.69) is 10.1 Å². The topological polar surface area (TPSA) is 127 Å². The second-order valence-electron chi connectivity index (χ2n) is 4.94. The van der Waals surface area contributed by atoms with Gasteiger partial charge in [-0.25, -0.2) is 9.78 Å². The number of nitrogen functional groups attached to an aromatic ring is 1. The first-order valence-electron chi connectivity index (χ1n) is 6.76. The van der Waals surface area contributed by atoms with Crippen LogP contribution >= 0.6 is 11.3 Å². The number of nitrogens with zero attached hydrogens (tertiary/aromatic N) is 2. The van der Waals surface area contributed by atoms with Crippen molar-refractivity contribution in [1.29, 1.82) is 0 Å². The van der Waals surface area contributed by atoms with Gasteiger partial charge in [-0.05, 0) is 12.8 Å². The van der Waals surface area contributed by atoms with Crippen LogP contribution in [0.4, 0.5) is 5.13 Å². The first-order valence-corrected chi connectivity index (χ1v) is 7.64. The number of ether oxygens (including phenoxy) is 1. The number of aromatic nitrogens is 1. The van der Waals surface area contributed by atoms with Crippen LogP contribution in [0.1, 0.15) is 37.8 Å². The van der Waals surface area contributed by atoms with Gasteiger partial charge in [-0.2, -0.15) is 0 Å². The van der Waals surface area contributed by atoms with Gasteiger partial charge < -0.3 is 25.2 Å². The Labute approximate surface area is 159 Å². The van der Waals surface area contributed by atoms with E-state index in [0.29, 0.717) is 12.8 Å². The molecule has 10 heteroatoms. The van der Waals surface area contributed by atoms with E-state index < -0.39 is 23.3 Å². The van der Waals surface area contributed by atoms with Crippen LogP contribution in [0.2, 0.25) is 0 Å². The van der Waals surface area contributed by atoms with Gasteiger partial charge in [0.15, 0.2) is 10.8 Å². The molecule has 0 unspecified atom stereocenters. The molecule has 120 valence electrons. The molecule has 0 amide bonds. The molecule has 1 fully saturated rings. The van der Waals surface area contributed by atoms with Crippen LogP contribution in [0.15, 0.2) is 10.5 Å². The number of thiazole rings is 1. The molecule has 0 saturated heterocycles. The van der Waals surface area contributed by atoms with E-state index in [1.807, 2.05) is 0 Å². The summed E-state index contributed by atoms with van der Waals surface area (Å²) in [5.74, 6) is -2.12. The molecule has 23 heavy (non-hydrogen) atoms. The van der Waals surface area contributed by atoms with Gasteiger partial charge in [0.1, 0.15) is 5.69 Å². The second-order valence-corrected chi connectivity index (χ2v) is 5.83. The Morgan fingerprint density at radius 2 is 2.04 bits per heavy atom. The molecule has 1 aromatic rings. The average molecular weight is 349 g/mol. The van der Waals surface area contributed by atoms with E-state index in [4.69, 9.17) is 15.3 Å². The van der Waals surface area contributed by atoms with Crippen molar-refractivity contribution in [1.82, 2.24) is 4.98 Å². The number of carbonyl (C=O) groups excluding carboxylic acids is 2. The third-order valence-corrected chi connectivity index (χ3v) is 4.16. The van der Waals surface area contributed by atoms with Crippen molar-refractivity contribution in [2.75, 3.05) is 12.8 Å². The minimum absolute atomic E-state index is 0. The van der Waals surface area contributed by atoms with Gasteiger partial charge in [0.05, 0.1) is 13.1 Å². The molecule has 1 heterocycles. The molecule has 2 N–H and O–H groups in total. The molecular formula is C13H16N3NaO5S. The smallest absolute Gasteiger partial charge is 0.543 e. The van der Waals surface area contributed by atoms with E-state index in [1.165, 1.54) is 12.5 Å². The Hall–Kier alpha value is -1.16. The van der Waals surface area contributed by atoms with Gasteiger partial charge in [-0.1, -0.05) is 11.6 Å². The molecule has 1 aliphatic rings. The van der Waals surface area contributed by atoms with Crippen LogP contribution in [0.5, 0.6) is 0 Å². The van der Waals surface area contributed by atoms with Crippen molar-refractivity contribution in [3.63, 3.8) is 0 Å². The second kappa shape index (κ2) is 8.62. The normalized spacial score (nSPS) is 17.0. The standard InChI is InChI=1S/C13H17N3O5S.Na/c1-20-11(19)13(5-3-2-4-6-13)21-16-9(10(17)18)8-7-22-12(14)15-8;/h7H,2-6H2,1H3,(H2,14,15)(H,17,18);/q;+1/p-1/b16-9-;. The summed E-state index contributed by atoms with van der Waals surface area (Å²) in [5, 5.41) is 16.5. The Kier molecular flexibility index (Phi) is 7.46. The van der Waals surface area contributed by atoms with Crippen LogP contribution in [0, 0.1) is 0 Å². The molecule has 0 atom stereocenters. The maximum absolute atomic E-state index is 12.0. The molecule has 1 saturated carbocycles. The SMILES string of the molecule is COC(=O)C1(O/N=C(\C(=O)[O-])c2csc(N)n2)CCCCC1.[Na+]. The number of rotatable bonds is 5. The summed E-state index contributed by atoms with van der Waals surface area (Å²) < 4.78 is 4.77. The summed E-state index contributed by atoms with van der Waals surface area (Å²) in [4.78, 5) is 32.4. The monoisotopic (exact) mass is 349 g/mol. The summed E-state index contributed by atoms with van der Waals surface area (Å²) in [6.45, 7) is 0. The predicted octanol–water partition coefficient (Wildman–Crippen LogP) is -2.92. The number of aliphatic carboxylic acids is 1. The van der Waals surface area contributed by atoms with Gasteiger partial charge in [-0.15, -0.1) is 11.3 Å². The van der Waals surface area contributed by atoms with Gasteiger partial charge >= 0.3 is 35.5 Å². The minimum Gasteiger partial charge on any atom is -0.543 e. The number of carboxylic acids is 1. The van der Waals surface area contributed by atoms with Crippen molar-refractivity contribution < 1.29 is 53.8 Å². The summed E-state index contributed by atoms with van der Waals surface area (Å²) in [7, 11) is 1.26. The van der Waals surface area contributed by atoms with E-state index in [0.717, 1.165) is 30.6 Å². The van der Waals surface area contributed by atoms with Crippen LogP contribution in [-0.2, 0) is 19.2 Å².